The number of carbonyl (C=O) groups is 4. The van der Waals surface area contributed by atoms with E-state index in [2.05, 4.69) is 10.6 Å². The Bertz CT molecular complexity index is 1090. The van der Waals surface area contributed by atoms with Gasteiger partial charge in [-0.2, -0.15) is 0 Å². The first-order chi connectivity index (χ1) is 15.9. The van der Waals surface area contributed by atoms with Crippen molar-refractivity contribution in [1.29, 1.82) is 0 Å². The fourth-order valence-corrected chi connectivity index (χ4v) is 3.76. The molecule has 0 spiro atoms. The average Bonchev–Trinajstić information content (AvgIpc) is 3.40. The summed E-state index contributed by atoms with van der Waals surface area (Å²) in [7, 11) is 0. The van der Waals surface area contributed by atoms with Crippen LogP contribution in [0.1, 0.15) is 24.5 Å². The molecule has 1 saturated heterocycles. The second-order valence-corrected chi connectivity index (χ2v) is 7.57. The molecule has 2 aliphatic rings. The third-order valence-corrected chi connectivity index (χ3v) is 5.55. The second kappa shape index (κ2) is 9.19. The minimum absolute atomic E-state index is 0.156. The molecule has 172 valence electrons. The van der Waals surface area contributed by atoms with Crippen LogP contribution in [0.3, 0.4) is 0 Å². The summed E-state index contributed by atoms with van der Waals surface area (Å²) in [5, 5.41) is 5.32. The van der Waals surface area contributed by atoms with Crippen molar-refractivity contribution < 1.29 is 33.4 Å². The molecule has 0 aromatic heterocycles. The molecule has 10 heteroatoms. The molecule has 0 aliphatic carbocycles. The Morgan fingerprint density at radius 3 is 2.64 bits per heavy atom. The van der Waals surface area contributed by atoms with E-state index in [1.165, 1.54) is 0 Å². The molecule has 2 aromatic rings. The minimum atomic E-state index is -1.24. The van der Waals surface area contributed by atoms with E-state index >= 15 is 0 Å². The zero-order valence-corrected chi connectivity index (χ0v) is 18.0. The van der Waals surface area contributed by atoms with Crippen molar-refractivity contribution in [3.63, 3.8) is 0 Å². The molecular weight excluding hydrogens is 430 g/mol. The van der Waals surface area contributed by atoms with Crippen LogP contribution < -0.4 is 20.1 Å². The number of fused-ring (bicyclic) bond motifs is 1. The van der Waals surface area contributed by atoms with Gasteiger partial charge in [0.05, 0.1) is 0 Å². The van der Waals surface area contributed by atoms with Gasteiger partial charge >= 0.3 is 12.0 Å². The van der Waals surface area contributed by atoms with Gasteiger partial charge in [0.1, 0.15) is 12.1 Å². The summed E-state index contributed by atoms with van der Waals surface area (Å²) in [4.78, 5) is 50.5. The van der Waals surface area contributed by atoms with E-state index in [0.717, 1.165) is 10.5 Å². The number of esters is 1. The second-order valence-electron chi connectivity index (χ2n) is 7.57. The van der Waals surface area contributed by atoms with Crippen molar-refractivity contribution in [2.45, 2.75) is 25.4 Å². The molecule has 0 bridgehead atoms. The lowest BCUT2D eigenvalue weighted by atomic mass is 9.87. The van der Waals surface area contributed by atoms with Crippen LogP contribution in [-0.4, -0.2) is 48.7 Å². The van der Waals surface area contributed by atoms with Gasteiger partial charge in [0.2, 0.25) is 6.79 Å². The highest BCUT2D eigenvalue weighted by Crippen LogP contribution is 2.33. The molecule has 4 rings (SSSR count). The Labute approximate surface area is 189 Å². The van der Waals surface area contributed by atoms with E-state index in [1.807, 2.05) is 0 Å². The smallest absolute Gasteiger partial charge is 0.326 e. The van der Waals surface area contributed by atoms with Gasteiger partial charge in [-0.15, -0.1) is 0 Å². The number of imide groups is 1. The van der Waals surface area contributed by atoms with Crippen LogP contribution in [0, 0.1) is 0 Å². The zero-order chi connectivity index (χ0) is 23.4. The third kappa shape index (κ3) is 4.45. The molecule has 1 fully saturated rings. The highest BCUT2D eigenvalue weighted by atomic mass is 16.7. The van der Waals surface area contributed by atoms with Crippen molar-refractivity contribution in [2.75, 3.05) is 19.9 Å². The molecule has 33 heavy (non-hydrogen) atoms. The molecule has 0 radical (unpaired) electrons. The number of urea groups is 1. The van der Waals surface area contributed by atoms with E-state index in [9.17, 15) is 19.2 Å². The van der Waals surface area contributed by atoms with Crippen LogP contribution >= 0.6 is 0 Å². The van der Waals surface area contributed by atoms with Crippen molar-refractivity contribution in [1.82, 2.24) is 15.5 Å². The predicted molar refractivity (Wildman–Crippen MR) is 114 cm³/mol. The summed E-state index contributed by atoms with van der Waals surface area (Å²) in [5.41, 5.74) is 0.181. The molecule has 2 N–H and O–H groups in total. The number of benzene rings is 2. The summed E-state index contributed by atoms with van der Waals surface area (Å²) < 4.78 is 15.5. The Kier molecular flexibility index (Phi) is 6.16. The van der Waals surface area contributed by atoms with Crippen molar-refractivity contribution in [3.05, 3.63) is 59.7 Å². The standard InChI is InChI=1S/C23H23N3O7/c1-2-23(16-6-4-3-5-7-16)21(29)26(22(30)25-23)12-20(28)31-13-19(27)24-11-15-8-9-17-18(10-15)33-14-32-17/h3-10H,2,11-14H2,1H3,(H,24,27)(H,25,30). The number of nitrogens with zero attached hydrogens (tertiary/aromatic N) is 1. The molecule has 2 aromatic carbocycles. The number of carbonyl (C=O) groups excluding carboxylic acids is 4. The molecule has 1 unspecified atom stereocenters. The number of amides is 4. The van der Waals surface area contributed by atoms with Crippen LogP contribution in [0.5, 0.6) is 11.5 Å². The van der Waals surface area contributed by atoms with E-state index in [-0.39, 0.29) is 13.3 Å². The molecule has 4 amide bonds. The highest BCUT2D eigenvalue weighted by Gasteiger charge is 2.51. The van der Waals surface area contributed by atoms with Crippen LogP contribution in [0.4, 0.5) is 4.79 Å². The van der Waals surface area contributed by atoms with Crippen molar-refractivity contribution in [2.24, 2.45) is 0 Å². The fourth-order valence-electron chi connectivity index (χ4n) is 3.76. The third-order valence-electron chi connectivity index (χ3n) is 5.55. The van der Waals surface area contributed by atoms with Gasteiger partial charge in [-0.05, 0) is 29.7 Å². The molecule has 2 aliphatic heterocycles. The van der Waals surface area contributed by atoms with Crippen LogP contribution in [0.15, 0.2) is 48.5 Å². The number of ether oxygens (including phenoxy) is 3. The maximum absolute atomic E-state index is 13.0. The quantitative estimate of drug-likeness (QED) is 0.458. The summed E-state index contributed by atoms with van der Waals surface area (Å²) in [5.74, 6) is -0.688. The van der Waals surface area contributed by atoms with Gasteiger partial charge in [0.25, 0.3) is 11.8 Å². The van der Waals surface area contributed by atoms with E-state index in [1.54, 1.807) is 55.5 Å². The summed E-state index contributed by atoms with van der Waals surface area (Å²) in [6, 6.07) is 13.4. The summed E-state index contributed by atoms with van der Waals surface area (Å²) >= 11 is 0. The lowest BCUT2D eigenvalue weighted by molar-refractivity contribution is -0.151. The Hall–Kier alpha value is -4.08. The first-order valence-electron chi connectivity index (χ1n) is 10.4. The molecule has 1 atom stereocenters. The van der Waals surface area contributed by atoms with Gasteiger partial charge in [0.15, 0.2) is 18.1 Å². The van der Waals surface area contributed by atoms with Gasteiger partial charge < -0.3 is 24.8 Å². The molecule has 10 nitrogen and oxygen atoms in total. The highest BCUT2D eigenvalue weighted by molar-refractivity contribution is 6.09. The molecule has 0 saturated carbocycles. The van der Waals surface area contributed by atoms with Gasteiger partial charge in [-0.1, -0.05) is 43.3 Å². The largest absolute Gasteiger partial charge is 0.454 e. The molecule has 2 heterocycles. The van der Waals surface area contributed by atoms with Gasteiger partial charge in [-0.25, -0.2) is 4.79 Å². The van der Waals surface area contributed by atoms with Gasteiger partial charge in [-0.3, -0.25) is 19.3 Å². The van der Waals surface area contributed by atoms with Crippen LogP contribution in [0.25, 0.3) is 0 Å². The van der Waals surface area contributed by atoms with Crippen LogP contribution in [0.2, 0.25) is 0 Å². The Morgan fingerprint density at radius 2 is 1.88 bits per heavy atom. The van der Waals surface area contributed by atoms with Crippen LogP contribution in [-0.2, 0) is 31.2 Å². The predicted octanol–water partition coefficient (Wildman–Crippen LogP) is 1.43. The normalized spacial score (nSPS) is 18.8. The maximum atomic E-state index is 13.0. The summed E-state index contributed by atoms with van der Waals surface area (Å²) in [6.07, 6.45) is 0.315. The number of nitrogens with one attached hydrogen (secondary N) is 2. The fraction of sp³-hybridized carbons (Fsp3) is 0.304. The Balaban J connectivity index is 1.28. The number of hydrogen-bond acceptors (Lipinski definition) is 7. The van der Waals surface area contributed by atoms with Crippen molar-refractivity contribution in [3.8, 4) is 11.5 Å². The zero-order valence-electron chi connectivity index (χ0n) is 18.0. The van der Waals surface area contributed by atoms with E-state index in [4.69, 9.17) is 14.2 Å². The van der Waals surface area contributed by atoms with Crippen molar-refractivity contribution >= 4 is 23.8 Å². The topological polar surface area (TPSA) is 123 Å². The number of hydrogen-bond donors (Lipinski definition) is 2. The number of rotatable bonds is 8. The minimum Gasteiger partial charge on any atom is -0.454 e. The lowest BCUT2D eigenvalue weighted by Gasteiger charge is -2.25. The maximum Gasteiger partial charge on any atom is 0.326 e. The van der Waals surface area contributed by atoms with Gasteiger partial charge in [0, 0.05) is 6.54 Å². The SMILES string of the molecule is CCC1(c2ccccc2)NC(=O)N(CC(=O)OCC(=O)NCc2ccc3c(c2)OCO3)C1=O. The Morgan fingerprint density at radius 1 is 1.12 bits per heavy atom. The van der Waals surface area contributed by atoms with E-state index in [0.29, 0.717) is 23.5 Å². The average molecular weight is 453 g/mol. The van der Waals surface area contributed by atoms with E-state index < -0.39 is 42.5 Å². The summed E-state index contributed by atoms with van der Waals surface area (Å²) in [6.45, 7) is 1.01. The first-order valence-corrected chi connectivity index (χ1v) is 10.4. The first kappa shape index (κ1) is 22.1. The molecular formula is C23H23N3O7. The monoisotopic (exact) mass is 453 g/mol. The lowest BCUT2D eigenvalue weighted by Crippen LogP contribution is -2.44.